The van der Waals surface area contributed by atoms with E-state index in [0.29, 0.717) is 5.69 Å². The third-order valence-electron chi connectivity index (χ3n) is 4.47. The minimum Gasteiger partial charge on any atom is -0.449 e. The predicted molar refractivity (Wildman–Crippen MR) is 101 cm³/mol. The predicted octanol–water partition coefficient (Wildman–Crippen LogP) is 1.98. The van der Waals surface area contributed by atoms with Crippen LogP contribution in [0.2, 0.25) is 0 Å². The van der Waals surface area contributed by atoms with Crippen molar-refractivity contribution in [3.8, 4) is 0 Å². The smallest absolute Gasteiger partial charge is 0.339 e. The molecule has 0 spiro atoms. The fourth-order valence-corrected chi connectivity index (χ4v) is 2.93. The number of anilines is 1. The maximum absolute atomic E-state index is 12.3. The molecule has 1 aromatic rings. The van der Waals surface area contributed by atoms with E-state index in [2.05, 4.69) is 5.32 Å². The summed E-state index contributed by atoms with van der Waals surface area (Å²) < 4.78 is 5.02. The summed E-state index contributed by atoms with van der Waals surface area (Å²) in [5, 5.41) is 15.7. The number of nitro benzene ring substituents is 1. The van der Waals surface area contributed by atoms with Gasteiger partial charge in [-0.05, 0) is 31.9 Å². The second kappa shape index (κ2) is 9.67. The Morgan fingerprint density at radius 2 is 1.82 bits per heavy atom. The molecule has 1 aliphatic heterocycles. The number of esters is 1. The lowest BCUT2D eigenvalue weighted by molar-refractivity contribution is -0.384. The molecule has 152 valence electrons. The zero-order chi connectivity index (χ0) is 20.7. The Balaban J connectivity index is 2.15. The summed E-state index contributed by atoms with van der Waals surface area (Å²) in [5.74, 6) is -1.69. The number of nitrogens with zero attached hydrogens (tertiary/aromatic N) is 2. The summed E-state index contributed by atoms with van der Waals surface area (Å²) in [4.78, 5) is 48.2. The first-order chi connectivity index (χ1) is 13.3. The SMILES string of the molecule is CNC(=O)NC(=O)[C@@H](C)OC(=O)c1ccc(N2CCCCCC2)c([N+](=O)[O-])c1. The van der Waals surface area contributed by atoms with Crippen molar-refractivity contribution in [3.05, 3.63) is 33.9 Å². The lowest BCUT2D eigenvalue weighted by Gasteiger charge is -2.22. The van der Waals surface area contributed by atoms with Crippen molar-refractivity contribution in [2.75, 3.05) is 25.0 Å². The highest BCUT2D eigenvalue weighted by Gasteiger charge is 2.25. The van der Waals surface area contributed by atoms with Crippen LogP contribution in [0.5, 0.6) is 0 Å². The van der Waals surface area contributed by atoms with Crippen molar-refractivity contribution >= 4 is 29.3 Å². The van der Waals surface area contributed by atoms with Crippen molar-refractivity contribution in [1.82, 2.24) is 10.6 Å². The number of hydrogen-bond donors (Lipinski definition) is 2. The Bertz CT molecular complexity index is 758. The first-order valence-electron chi connectivity index (χ1n) is 9.10. The molecule has 1 fully saturated rings. The number of carbonyl (C=O) groups is 3. The van der Waals surface area contributed by atoms with Crippen molar-refractivity contribution in [1.29, 1.82) is 0 Å². The van der Waals surface area contributed by atoms with Crippen molar-refractivity contribution in [3.63, 3.8) is 0 Å². The molecule has 0 aromatic heterocycles. The molecule has 1 saturated heterocycles. The number of hydrogen-bond acceptors (Lipinski definition) is 7. The molecule has 1 heterocycles. The van der Waals surface area contributed by atoms with Gasteiger partial charge in [0.25, 0.3) is 11.6 Å². The maximum Gasteiger partial charge on any atom is 0.339 e. The number of nitrogens with one attached hydrogen (secondary N) is 2. The van der Waals surface area contributed by atoms with Crippen LogP contribution in [0, 0.1) is 10.1 Å². The quantitative estimate of drug-likeness (QED) is 0.445. The van der Waals surface area contributed by atoms with Crippen LogP contribution in [0.1, 0.15) is 43.0 Å². The van der Waals surface area contributed by atoms with Crippen LogP contribution in [0.4, 0.5) is 16.2 Å². The van der Waals surface area contributed by atoms with Crippen LogP contribution < -0.4 is 15.5 Å². The number of imide groups is 1. The molecule has 0 bridgehead atoms. The third kappa shape index (κ3) is 5.41. The van der Waals surface area contributed by atoms with Gasteiger partial charge in [0.05, 0.1) is 10.5 Å². The molecule has 2 rings (SSSR count). The monoisotopic (exact) mass is 392 g/mol. The highest BCUT2D eigenvalue weighted by molar-refractivity contribution is 5.98. The highest BCUT2D eigenvalue weighted by atomic mass is 16.6. The van der Waals surface area contributed by atoms with Gasteiger partial charge < -0.3 is 15.0 Å². The van der Waals surface area contributed by atoms with Crippen LogP contribution in [0.15, 0.2) is 18.2 Å². The van der Waals surface area contributed by atoms with E-state index < -0.39 is 28.9 Å². The largest absolute Gasteiger partial charge is 0.449 e. The lowest BCUT2D eigenvalue weighted by atomic mass is 10.1. The van der Waals surface area contributed by atoms with Gasteiger partial charge in [0.15, 0.2) is 6.10 Å². The number of carbonyl (C=O) groups excluding carboxylic acids is 3. The molecule has 28 heavy (non-hydrogen) atoms. The zero-order valence-corrected chi connectivity index (χ0v) is 15.9. The Labute approximate surface area is 162 Å². The average Bonchev–Trinajstić information content (AvgIpc) is 2.96. The van der Waals surface area contributed by atoms with E-state index in [-0.39, 0.29) is 11.3 Å². The maximum atomic E-state index is 12.3. The van der Waals surface area contributed by atoms with E-state index in [0.717, 1.165) is 44.8 Å². The first-order valence-corrected chi connectivity index (χ1v) is 9.10. The molecule has 1 aliphatic rings. The number of benzene rings is 1. The summed E-state index contributed by atoms with van der Waals surface area (Å²) in [6.45, 7) is 2.75. The molecule has 2 N–H and O–H groups in total. The number of amides is 3. The summed E-state index contributed by atoms with van der Waals surface area (Å²) in [5.41, 5.74) is 0.248. The Morgan fingerprint density at radius 3 is 2.39 bits per heavy atom. The molecular weight excluding hydrogens is 368 g/mol. The van der Waals surface area contributed by atoms with Crippen LogP contribution in [0.3, 0.4) is 0 Å². The fourth-order valence-electron chi connectivity index (χ4n) is 2.93. The average molecular weight is 392 g/mol. The van der Waals surface area contributed by atoms with Crippen LogP contribution in [0.25, 0.3) is 0 Å². The summed E-state index contributed by atoms with van der Waals surface area (Å²) in [6, 6.07) is 3.41. The van der Waals surface area contributed by atoms with Gasteiger partial charge in [-0.25, -0.2) is 9.59 Å². The van der Waals surface area contributed by atoms with Crippen LogP contribution in [-0.2, 0) is 9.53 Å². The number of urea groups is 1. The van der Waals surface area contributed by atoms with Gasteiger partial charge in [-0.1, -0.05) is 12.8 Å². The molecule has 0 radical (unpaired) electrons. The van der Waals surface area contributed by atoms with E-state index in [1.807, 2.05) is 10.2 Å². The van der Waals surface area contributed by atoms with Gasteiger partial charge in [-0.2, -0.15) is 0 Å². The van der Waals surface area contributed by atoms with Gasteiger partial charge in [0, 0.05) is 26.2 Å². The van der Waals surface area contributed by atoms with E-state index in [9.17, 15) is 24.5 Å². The minimum atomic E-state index is -1.24. The zero-order valence-electron chi connectivity index (χ0n) is 15.9. The summed E-state index contributed by atoms with van der Waals surface area (Å²) >= 11 is 0. The van der Waals surface area contributed by atoms with Gasteiger partial charge in [-0.15, -0.1) is 0 Å². The van der Waals surface area contributed by atoms with Crippen molar-refractivity contribution in [2.45, 2.75) is 38.7 Å². The molecule has 0 unspecified atom stereocenters. The minimum absolute atomic E-state index is 0.0372. The van der Waals surface area contributed by atoms with Gasteiger partial charge in [0.2, 0.25) is 0 Å². The Kier molecular flexibility index (Phi) is 7.30. The standard InChI is InChI=1S/C18H24N4O6/c1-12(16(23)20-18(25)19-2)28-17(24)13-7-8-14(15(11-13)22(26)27)21-9-5-3-4-6-10-21/h7-8,11-12H,3-6,9-10H2,1-2H3,(H2,19,20,23,25)/t12-/m1/s1. The van der Waals surface area contributed by atoms with Gasteiger partial charge in [-0.3, -0.25) is 20.2 Å². The summed E-state index contributed by atoms with van der Waals surface area (Å²) in [6.07, 6.45) is 2.85. The normalized spacial score (nSPS) is 15.1. The third-order valence-corrected chi connectivity index (χ3v) is 4.47. The number of rotatable bonds is 5. The van der Waals surface area contributed by atoms with E-state index >= 15 is 0 Å². The van der Waals surface area contributed by atoms with Gasteiger partial charge in [0.1, 0.15) is 5.69 Å². The molecule has 0 saturated carbocycles. The van der Waals surface area contributed by atoms with Gasteiger partial charge >= 0.3 is 12.0 Å². The Hall–Kier alpha value is -3.17. The molecule has 0 aliphatic carbocycles. The second-order valence-corrected chi connectivity index (χ2v) is 6.48. The first kappa shape index (κ1) is 21.1. The van der Waals surface area contributed by atoms with Crippen LogP contribution >= 0.6 is 0 Å². The second-order valence-electron chi connectivity index (χ2n) is 6.48. The number of nitro groups is 1. The lowest BCUT2D eigenvalue weighted by Crippen LogP contribution is -2.43. The summed E-state index contributed by atoms with van der Waals surface area (Å²) in [7, 11) is 1.34. The fraction of sp³-hybridized carbons (Fsp3) is 0.500. The molecular formula is C18H24N4O6. The van der Waals surface area contributed by atoms with E-state index in [1.54, 1.807) is 0 Å². The molecule has 3 amide bonds. The molecule has 10 nitrogen and oxygen atoms in total. The van der Waals surface area contributed by atoms with E-state index in [1.165, 1.54) is 26.1 Å². The highest BCUT2D eigenvalue weighted by Crippen LogP contribution is 2.31. The Morgan fingerprint density at radius 1 is 1.18 bits per heavy atom. The van der Waals surface area contributed by atoms with Crippen molar-refractivity contribution < 1.29 is 24.0 Å². The molecule has 1 aromatic carbocycles. The van der Waals surface area contributed by atoms with E-state index in [4.69, 9.17) is 4.74 Å². The van der Waals surface area contributed by atoms with Crippen LogP contribution in [-0.4, -0.2) is 49.1 Å². The molecule has 10 heteroatoms. The molecule has 1 atom stereocenters. The van der Waals surface area contributed by atoms with Crippen molar-refractivity contribution in [2.24, 2.45) is 0 Å². The number of ether oxygens (including phenoxy) is 1. The topological polar surface area (TPSA) is 131 Å².